The first-order chi connectivity index (χ1) is 12.1. The third kappa shape index (κ3) is 3.68. The molecule has 25 heavy (non-hydrogen) atoms. The summed E-state index contributed by atoms with van der Waals surface area (Å²) in [4.78, 5) is 35.6. The quantitative estimate of drug-likeness (QED) is 0.860. The van der Waals surface area contributed by atoms with Gasteiger partial charge in [0.1, 0.15) is 0 Å². The molecule has 0 fully saturated rings. The number of cyclic esters (lactones) is 1. The van der Waals surface area contributed by atoms with Crippen LogP contribution in [0, 0.1) is 0 Å². The highest BCUT2D eigenvalue weighted by Crippen LogP contribution is 2.20. The van der Waals surface area contributed by atoms with Crippen LogP contribution in [-0.2, 0) is 27.2 Å². The molecule has 1 amide bonds. The summed E-state index contributed by atoms with van der Waals surface area (Å²) in [6, 6.07) is 13.8. The molecule has 128 valence electrons. The van der Waals surface area contributed by atoms with Crippen LogP contribution >= 0.6 is 0 Å². The molecular weight excluding hydrogens is 322 g/mol. The molecule has 6 nitrogen and oxygen atoms in total. The molecule has 0 bridgehead atoms. The lowest BCUT2D eigenvalue weighted by Gasteiger charge is -2.23. The molecule has 1 aliphatic rings. The summed E-state index contributed by atoms with van der Waals surface area (Å²) < 4.78 is 9.85. The number of amides is 1. The number of fused-ring (bicyclic) bond motifs is 1. The summed E-state index contributed by atoms with van der Waals surface area (Å²) in [5.74, 6) is -1.24. The molecule has 2 aromatic carbocycles. The van der Waals surface area contributed by atoms with Crippen molar-refractivity contribution in [3.63, 3.8) is 0 Å². The number of hydrogen-bond donors (Lipinski definition) is 1. The Labute approximate surface area is 144 Å². The smallest absolute Gasteiger partial charge is 0.339 e. The van der Waals surface area contributed by atoms with Gasteiger partial charge in [-0.25, -0.2) is 9.59 Å². The summed E-state index contributed by atoms with van der Waals surface area (Å²) >= 11 is 0. The third-order valence-corrected chi connectivity index (χ3v) is 4.03. The lowest BCUT2D eigenvalue weighted by Crippen LogP contribution is -2.41. The van der Waals surface area contributed by atoms with Crippen LogP contribution in [0.15, 0.2) is 48.5 Å². The first-order valence-corrected chi connectivity index (χ1v) is 7.82. The molecule has 0 aliphatic carbocycles. The van der Waals surface area contributed by atoms with Gasteiger partial charge in [-0.3, -0.25) is 4.79 Å². The van der Waals surface area contributed by atoms with Crippen LogP contribution in [0.2, 0.25) is 0 Å². The Kier molecular flexibility index (Phi) is 4.79. The largest absolute Gasteiger partial charge is 0.465 e. The van der Waals surface area contributed by atoms with E-state index in [0.717, 1.165) is 11.1 Å². The second-order valence-electron chi connectivity index (χ2n) is 5.66. The molecule has 2 aromatic rings. The van der Waals surface area contributed by atoms with Crippen molar-refractivity contribution in [2.24, 2.45) is 0 Å². The normalized spacial score (nSPS) is 15.7. The summed E-state index contributed by atoms with van der Waals surface area (Å²) in [5, 5.41) is 2.75. The van der Waals surface area contributed by atoms with Crippen LogP contribution < -0.4 is 5.32 Å². The Bertz CT molecular complexity index is 813. The minimum atomic E-state index is -0.836. The van der Waals surface area contributed by atoms with Crippen LogP contribution in [0.3, 0.4) is 0 Å². The lowest BCUT2D eigenvalue weighted by molar-refractivity contribution is -0.130. The number of ether oxygens (including phenoxy) is 2. The van der Waals surface area contributed by atoms with Gasteiger partial charge in [0.2, 0.25) is 0 Å². The van der Waals surface area contributed by atoms with Crippen molar-refractivity contribution >= 4 is 17.8 Å². The fourth-order valence-electron chi connectivity index (χ4n) is 2.66. The van der Waals surface area contributed by atoms with Gasteiger partial charge in [0.25, 0.3) is 5.91 Å². The molecular formula is C19H17NO5. The standard InChI is InChI=1S/C19H17NO5/c1-24-18(22)13-8-6-12(7-9-13)11-20-17(21)16-10-14-4-2-3-5-15(14)19(23)25-16/h2-9,16H,10-11H2,1H3,(H,20,21)/t16-/m1/s1. The zero-order valence-corrected chi connectivity index (χ0v) is 13.7. The summed E-state index contributed by atoms with van der Waals surface area (Å²) in [7, 11) is 1.32. The predicted octanol–water partition coefficient (Wildman–Crippen LogP) is 1.87. The highest BCUT2D eigenvalue weighted by Gasteiger charge is 2.30. The molecule has 0 saturated carbocycles. The average molecular weight is 339 g/mol. The molecule has 0 unspecified atom stereocenters. The van der Waals surface area contributed by atoms with Crippen molar-refractivity contribution in [2.45, 2.75) is 19.1 Å². The van der Waals surface area contributed by atoms with E-state index in [1.54, 1.807) is 36.4 Å². The van der Waals surface area contributed by atoms with E-state index >= 15 is 0 Å². The number of benzene rings is 2. The van der Waals surface area contributed by atoms with Crippen molar-refractivity contribution < 1.29 is 23.9 Å². The van der Waals surface area contributed by atoms with Crippen molar-refractivity contribution in [1.82, 2.24) is 5.32 Å². The van der Waals surface area contributed by atoms with Crippen molar-refractivity contribution in [2.75, 3.05) is 7.11 Å². The molecule has 0 spiro atoms. The van der Waals surface area contributed by atoms with Gasteiger partial charge in [-0.2, -0.15) is 0 Å². The van der Waals surface area contributed by atoms with E-state index in [1.807, 2.05) is 12.1 Å². The zero-order valence-electron chi connectivity index (χ0n) is 13.7. The molecule has 0 radical (unpaired) electrons. The van der Waals surface area contributed by atoms with Crippen LogP contribution in [0.1, 0.15) is 31.8 Å². The van der Waals surface area contributed by atoms with Crippen LogP contribution in [0.4, 0.5) is 0 Å². The molecule has 3 rings (SSSR count). The van der Waals surface area contributed by atoms with Gasteiger partial charge in [0.05, 0.1) is 18.2 Å². The Morgan fingerprint density at radius 2 is 1.88 bits per heavy atom. The monoisotopic (exact) mass is 339 g/mol. The maximum Gasteiger partial charge on any atom is 0.339 e. The molecule has 0 aromatic heterocycles. The van der Waals surface area contributed by atoms with Gasteiger partial charge in [-0.05, 0) is 29.3 Å². The number of carbonyl (C=O) groups is 3. The van der Waals surface area contributed by atoms with Gasteiger partial charge in [0, 0.05) is 13.0 Å². The van der Waals surface area contributed by atoms with Crippen molar-refractivity contribution in [1.29, 1.82) is 0 Å². The maximum atomic E-state index is 12.3. The van der Waals surface area contributed by atoms with E-state index in [1.165, 1.54) is 7.11 Å². The third-order valence-electron chi connectivity index (χ3n) is 4.03. The minimum absolute atomic E-state index is 0.274. The molecule has 0 saturated heterocycles. The van der Waals surface area contributed by atoms with E-state index in [0.29, 0.717) is 17.5 Å². The number of hydrogen-bond acceptors (Lipinski definition) is 5. The lowest BCUT2D eigenvalue weighted by atomic mass is 9.98. The minimum Gasteiger partial charge on any atom is -0.465 e. The number of methoxy groups -OCH3 is 1. The summed E-state index contributed by atoms with van der Waals surface area (Å²) in [5.41, 5.74) is 2.57. The number of rotatable bonds is 4. The first kappa shape index (κ1) is 16.7. The van der Waals surface area contributed by atoms with Crippen molar-refractivity contribution in [3.05, 3.63) is 70.8 Å². The van der Waals surface area contributed by atoms with Gasteiger partial charge in [0.15, 0.2) is 6.10 Å². The second kappa shape index (κ2) is 7.17. The number of carbonyl (C=O) groups excluding carboxylic acids is 3. The van der Waals surface area contributed by atoms with Crippen LogP contribution in [0.25, 0.3) is 0 Å². The topological polar surface area (TPSA) is 81.7 Å². The Hall–Kier alpha value is -3.15. The zero-order chi connectivity index (χ0) is 17.8. The van der Waals surface area contributed by atoms with E-state index in [4.69, 9.17) is 4.74 Å². The SMILES string of the molecule is COC(=O)c1ccc(CNC(=O)[C@H]2Cc3ccccc3C(=O)O2)cc1. The molecule has 1 heterocycles. The fraction of sp³-hybridized carbons (Fsp3) is 0.211. The second-order valence-corrected chi connectivity index (χ2v) is 5.66. The first-order valence-electron chi connectivity index (χ1n) is 7.82. The predicted molar refractivity (Wildman–Crippen MR) is 89.0 cm³/mol. The summed E-state index contributed by atoms with van der Waals surface area (Å²) in [6.07, 6.45) is -0.480. The fourth-order valence-corrected chi connectivity index (χ4v) is 2.66. The van der Waals surface area contributed by atoms with E-state index in [9.17, 15) is 14.4 Å². The number of nitrogens with one attached hydrogen (secondary N) is 1. The van der Waals surface area contributed by atoms with Gasteiger partial charge in [-0.1, -0.05) is 30.3 Å². The Morgan fingerprint density at radius 3 is 2.60 bits per heavy atom. The highest BCUT2D eigenvalue weighted by atomic mass is 16.5. The van der Waals surface area contributed by atoms with E-state index in [2.05, 4.69) is 10.1 Å². The maximum absolute atomic E-state index is 12.3. The molecule has 1 N–H and O–H groups in total. The molecule has 1 atom stereocenters. The van der Waals surface area contributed by atoms with Crippen LogP contribution in [-0.4, -0.2) is 31.1 Å². The van der Waals surface area contributed by atoms with Gasteiger partial charge in [-0.15, -0.1) is 0 Å². The van der Waals surface area contributed by atoms with E-state index < -0.39 is 18.0 Å². The average Bonchev–Trinajstić information content (AvgIpc) is 2.65. The Morgan fingerprint density at radius 1 is 1.16 bits per heavy atom. The van der Waals surface area contributed by atoms with Gasteiger partial charge < -0.3 is 14.8 Å². The molecule has 6 heteroatoms. The van der Waals surface area contributed by atoms with Gasteiger partial charge >= 0.3 is 11.9 Å². The van der Waals surface area contributed by atoms with Crippen LogP contribution in [0.5, 0.6) is 0 Å². The van der Waals surface area contributed by atoms with E-state index in [-0.39, 0.29) is 12.5 Å². The summed E-state index contributed by atoms with van der Waals surface area (Å²) in [6.45, 7) is 0.274. The number of esters is 2. The molecule has 1 aliphatic heterocycles. The van der Waals surface area contributed by atoms with Crippen molar-refractivity contribution in [3.8, 4) is 0 Å². The highest BCUT2D eigenvalue weighted by molar-refractivity contribution is 5.95. The Balaban J connectivity index is 1.60.